The van der Waals surface area contributed by atoms with E-state index in [2.05, 4.69) is 30.5 Å². The fraction of sp³-hybridized carbons (Fsp3) is 0.226. The SMILES string of the molecule is Fc1cc2[nH]nc(-c3nc4c(-c5ccccc5F)ccnc4[nH]3)c2cc1-c1cncc(CNCC2CCCC2)c1. The smallest absolute Gasteiger partial charge is 0.160 e. The van der Waals surface area contributed by atoms with Crippen molar-refractivity contribution in [1.29, 1.82) is 0 Å². The lowest BCUT2D eigenvalue weighted by Gasteiger charge is -2.11. The third-order valence-corrected chi connectivity index (χ3v) is 7.77. The van der Waals surface area contributed by atoms with Gasteiger partial charge in [-0.3, -0.25) is 10.1 Å². The van der Waals surface area contributed by atoms with Gasteiger partial charge in [0.1, 0.15) is 22.8 Å². The van der Waals surface area contributed by atoms with Crippen molar-refractivity contribution in [3.63, 3.8) is 0 Å². The molecule has 0 atom stereocenters. The van der Waals surface area contributed by atoms with Gasteiger partial charge in [-0.05, 0) is 55.1 Å². The van der Waals surface area contributed by atoms with Crippen LogP contribution < -0.4 is 5.32 Å². The standard InChI is InChI=1S/C31H27F2N7/c32-25-8-4-3-7-21(25)22-9-10-36-30-28(22)37-31(38-30)29-24-12-23(26(33)13-27(24)39-40-29)20-11-19(16-35-17-20)15-34-14-18-5-1-2-6-18/h3-4,7-13,16-18,34H,1-2,5-6,14-15H2,(H,39,40)(H,36,37,38). The number of aromatic nitrogens is 6. The second-order valence-corrected chi connectivity index (χ2v) is 10.4. The normalized spacial score (nSPS) is 14.1. The van der Waals surface area contributed by atoms with Crippen LogP contribution in [0.5, 0.6) is 0 Å². The van der Waals surface area contributed by atoms with Gasteiger partial charge >= 0.3 is 0 Å². The largest absolute Gasteiger partial charge is 0.321 e. The molecule has 0 unspecified atom stereocenters. The quantitative estimate of drug-likeness (QED) is 0.209. The highest BCUT2D eigenvalue weighted by Gasteiger charge is 2.19. The molecule has 0 amide bonds. The lowest BCUT2D eigenvalue weighted by atomic mass is 10.0. The fourth-order valence-electron chi connectivity index (χ4n) is 5.73. The van der Waals surface area contributed by atoms with Crippen molar-refractivity contribution in [2.24, 2.45) is 5.92 Å². The van der Waals surface area contributed by atoms with E-state index >= 15 is 4.39 Å². The zero-order valence-corrected chi connectivity index (χ0v) is 21.7. The van der Waals surface area contributed by atoms with Crippen LogP contribution in [0.15, 0.2) is 67.1 Å². The number of fused-ring (bicyclic) bond motifs is 2. The van der Waals surface area contributed by atoms with Gasteiger partial charge in [0.2, 0.25) is 0 Å². The van der Waals surface area contributed by atoms with Crippen molar-refractivity contribution in [3.05, 3.63) is 84.3 Å². The highest BCUT2D eigenvalue weighted by Crippen LogP contribution is 2.34. The topological polar surface area (TPSA) is 95.2 Å². The third kappa shape index (κ3) is 4.52. The van der Waals surface area contributed by atoms with E-state index in [0.29, 0.717) is 62.4 Å². The van der Waals surface area contributed by atoms with Crippen LogP contribution in [0.1, 0.15) is 31.2 Å². The fourth-order valence-corrected chi connectivity index (χ4v) is 5.73. The Hall–Kier alpha value is -4.50. The second-order valence-electron chi connectivity index (χ2n) is 10.4. The lowest BCUT2D eigenvalue weighted by Crippen LogP contribution is -2.20. The van der Waals surface area contributed by atoms with Crippen LogP contribution in [0.4, 0.5) is 8.78 Å². The number of aromatic amines is 2. The van der Waals surface area contributed by atoms with Crippen LogP contribution in [0.3, 0.4) is 0 Å². The molecule has 9 heteroatoms. The second kappa shape index (κ2) is 10.2. The van der Waals surface area contributed by atoms with Gasteiger partial charge in [0.15, 0.2) is 11.5 Å². The average molecular weight is 536 g/mol. The molecule has 0 aliphatic heterocycles. The summed E-state index contributed by atoms with van der Waals surface area (Å²) in [5, 5.41) is 11.6. The Morgan fingerprint density at radius 3 is 2.67 bits per heavy atom. The van der Waals surface area contributed by atoms with E-state index in [1.165, 1.54) is 37.8 Å². The summed E-state index contributed by atoms with van der Waals surface area (Å²) in [5.41, 5.74) is 5.31. The van der Waals surface area contributed by atoms with Crippen LogP contribution >= 0.6 is 0 Å². The van der Waals surface area contributed by atoms with Crippen LogP contribution in [-0.4, -0.2) is 36.7 Å². The Morgan fingerprint density at radius 2 is 1.80 bits per heavy atom. The minimum Gasteiger partial charge on any atom is -0.321 e. The highest BCUT2D eigenvalue weighted by atomic mass is 19.1. The van der Waals surface area contributed by atoms with Gasteiger partial charge in [0.05, 0.1) is 5.52 Å². The molecule has 1 aliphatic carbocycles. The lowest BCUT2D eigenvalue weighted by molar-refractivity contribution is 0.489. The molecular formula is C31H27F2N7. The van der Waals surface area contributed by atoms with E-state index in [1.807, 2.05) is 12.3 Å². The van der Waals surface area contributed by atoms with E-state index in [-0.39, 0.29) is 11.6 Å². The number of nitrogens with zero attached hydrogens (tertiary/aromatic N) is 4. The Kier molecular flexibility index (Phi) is 6.28. The first-order valence-corrected chi connectivity index (χ1v) is 13.6. The van der Waals surface area contributed by atoms with Crippen molar-refractivity contribution in [2.75, 3.05) is 6.54 Å². The molecule has 2 aromatic carbocycles. The maximum atomic E-state index is 15.3. The number of imidazole rings is 1. The number of rotatable bonds is 7. The number of nitrogens with one attached hydrogen (secondary N) is 3. The third-order valence-electron chi connectivity index (χ3n) is 7.77. The Bertz CT molecular complexity index is 1840. The number of hydrogen-bond donors (Lipinski definition) is 3. The first-order chi connectivity index (χ1) is 19.6. The van der Waals surface area contributed by atoms with E-state index < -0.39 is 0 Å². The molecule has 0 saturated heterocycles. The van der Waals surface area contributed by atoms with Gasteiger partial charge in [-0.15, -0.1) is 0 Å². The van der Waals surface area contributed by atoms with Crippen molar-refractivity contribution in [1.82, 2.24) is 35.5 Å². The molecule has 4 aromatic heterocycles. The average Bonchev–Trinajstić information content (AvgIpc) is 3.73. The molecule has 40 heavy (non-hydrogen) atoms. The summed E-state index contributed by atoms with van der Waals surface area (Å²) >= 11 is 0. The molecule has 0 spiro atoms. The molecule has 3 N–H and O–H groups in total. The molecule has 1 aliphatic rings. The van der Waals surface area contributed by atoms with Crippen molar-refractivity contribution in [2.45, 2.75) is 32.2 Å². The van der Waals surface area contributed by atoms with Gasteiger partial charge in [-0.1, -0.05) is 31.0 Å². The summed E-state index contributed by atoms with van der Waals surface area (Å²) in [6, 6.07) is 13.5. The van der Waals surface area contributed by atoms with Gasteiger partial charge < -0.3 is 10.3 Å². The molecule has 7 nitrogen and oxygen atoms in total. The monoisotopic (exact) mass is 535 g/mol. The van der Waals surface area contributed by atoms with Gasteiger partial charge in [-0.2, -0.15) is 5.10 Å². The molecule has 0 radical (unpaired) electrons. The maximum Gasteiger partial charge on any atom is 0.160 e. The summed E-state index contributed by atoms with van der Waals surface area (Å²) in [6.07, 6.45) is 10.3. The number of hydrogen-bond acceptors (Lipinski definition) is 5. The predicted molar refractivity (Wildman–Crippen MR) is 151 cm³/mol. The number of halogens is 2. The Morgan fingerprint density at radius 1 is 0.925 bits per heavy atom. The van der Waals surface area contributed by atoms with Crippen molar-refractivity contribution < 1.29 is 8.78 Å². The number of H-pyrrole nitrogens is 2. The minimum atomic E-state index is -0.367. The highest BCUT2D eigenvalue weighted by molar-refractivity contribution is 5.97. The summed E-state index contributed by atoms with van der Waals surface area (Å²) in [7, 11) is 0. The minimum absolute atomic E-state index is 0.338. The summed E-state index contributed by atoms with van der Waals surface area (Å²) in [4.78, 5) is 16.7. The first-order valence-electron chi connectivity index (χ1n) is 13.6. The molecule has 0 bridgehead atoms. The molecule has 200 valence electrons. The zero-order valence-electron chi connectivity index (χ0n) is 21.7. The molecule has 7 rings (SSSR count). The molecular weight excluding hydrogens is 508 g/mol. The molecule has 6 aromatic rings. The van der Waals surface area contributed by atoms with E-state index in [1.54, 1.807) is 42.7 Å². The van der Waals surface area contributed by atoms with Crippen LogP contribution in [0, 0.1) is 17.6 Å². The molecule has 4 heterocycles. The van der Waals surface area contributed by atoms with E-state index in [4.69, 9.17) is 4.98 Å². The molecule has 1 fully saturated rings. The van der Waals surface area contributed by atoms with Gasteiger partial charge in [-0.25, -0.2) is 18.7 Å². The predicted octanol–water partition coefficient (Wildman–Crippen LogP) is 6.79. The summed E-state index contributed by atoms with van der Waals surface area (Å²) in [6.45, 7) is 1.68. The van der Waals surface area contributed by atoms with Crippen molar-refractivity contribution in [3.8, 4) is 33.8 Å². The van der Waals surface area contributed by atoms with Crippen molar-refractivity contribution >= 4 is 22.1 Å². The van der Waals surface area contributed by atoms with E-state index in [0.717, 1.165) is 18.0 Å². The van der Waals surface area contributed by atoms with Gasteiger partial charge in [0.25, 0.3) is 0 Å². The summed E-state index contributed by atoms with van der Waals surface area (Å²) < 4.78 is 29.9. The summed E-state index contributed by atoms with van der Waals surface area (Å²) in [5.74, 6) is 0.493. The van der Waals surface area contributed by atoms with E-state index in [9.17, 15) is 4.39 Å². The molecule has 1 saturated carbocycles. The maximum absolute atomic E-state index is 15.3. The first kappa shape index (κ1) is 24.5. The number of benzene rings is 2. The van der Waals surface area contributed by atoms with Crippen LogP contribution in [0.25, 0.3) is 55.8 Å². The Labute approximate surface area is 229 Å². The van der Waals surface area contributed by atoms with Crippen LogP contribution in [-0.2, 0) is 6.54 Å². The Balaban J connectivity index is 1.24. The van der Waals surface area contributed by atoms with Crippen LogP contribution in [0.2, 0.25) is 0 Å². The number of pyridine rings is 2. The zero-order chi connectivity index (χ0) is 27.1. The van der Waals surface area contributed by atoms with Gasteiger partial charge in [0, 0.05) is 58.8 Å².